The first-order valence-electron chi connectivity index (χ1n) is 6.78. The lowest BCUT2D eigenvalue weighted by atomic mass is 9.78. The second-order valence-corrected chi connectivity index (χ2v) is 5.74. The van der Waals surface area contributed by atoms with Gasteiger partial charge >= 0.3 is 0 Å². The summed E-state index contributed by atoms with van der Waals surface area (Å²) in [6.07, 6.45) is 4.81. The first kappa shape index (κ1) is 16.2. The summed E-state index contributed by atoms with van der Waals surface area (Å²) >= 11 is 5.97. The summed E-state index contributed by atoms with van der Waals surface area (Å²) in [6, 6.07) is 8.13. The van der Waals surface area contributed by atoms with Crippen LogP contribution in [0.5, 0.6) is 0 Å². The molecule has 0 bridgehead atoms. The van der Waals surface area contributed by atoms with Crippen LogP contribution in [0.2, 0.25) is 5.02 Å². The number of hydrogen-bond donors (Lipinski definition) is 1. The topological polar surface area (TPSA) is 29.3 Å². The second kappa shape index (κ2) is 7.09. The molecule has 106 valence electrons. The van der Waals surface area contributed by atoms with Crippen LogP contribution in [0.1, 0.15) is 31.7 Å². The normalized spacial score (nSPS) is 16.1. The third-order valence-electron chi connectivity index (χ3n) is 3.64. The first-order chi connectivity index (χ1) is 8.95. The highest BCUT2D eigenvalue weighted by Crippen LogP contribution is 2.32. The van der Waals surface area contributed by atoms with Crippen LogP contribution in [0.15, 0.2) is 36.9 Å². The molecule has 0 heterocycles. The summed E-state index contributed by atoms with van der Waals surface area (Å²) in [5, 5.41) is 0.738. The molecule has 2 N–H and O–H groups in total. The standard InChI is InChI=1S/C16H25ClN2/c1-5-7-15(19(3)4)16(18,12-6-2)13-8-10-14(17)11-9-13/h6,8-11,15H,2,5,7,12,18H2,1,3-4H3. The highest BCUT2D eigenvalue weighted by molar-refractivity contribution is 6.30. The number of rotatable bonds is 7. The van der Waals surface area contributed by atoms with Crippen LogP contribution >= 0.6 is 11.6 Å². The van der Waals surface area contributed by atoms with E-state index in [1.54, 1.807) is 0 Å². The van der Waals surface area contributed by atoms with Gasteiger partial charge in [-0.2, -0.15) is 0 Å². The van der Waals surface area contributed by atoms with Gasteiger partial charge in [-0.1, -0.05) is 43.2 Å². The highest BCUT2D eigenvalue weighted by Gasteiger charge is 2.36. The predicted molar refractivity (Wildman–Crippen MR) is 84.5 cm³/mol. The Balaban J connectivity index is 3.20. The van der Waals surface area contributed by atoms with Crippen molar-refractivity contribution < 1.29 is 0 Å². The average Bonchev–Trinajstić information content (AvgIpc) is 2.36. The molecule has 2 atom stereocenters. The van der Waals surface area contributed by atoms with Gasteiger partial charge in [0.05, 0.1) is 5.54 Å². The van der Waals surface area contributed by atoms with Crippen LogP contribution in [0, 0.1) is 0 Å². The number of benzene rings is 1. The van der Waals surface area contributed by atoms with E-state index < -0.39 is 5.54 Å². The molecule has 0 saturated heterocycles. The van der Waals surface area contributed by atoms with Crippen molar-refractivity contribution in [3.8, 4) is 0 Å². The molecule has 1 aromatic rings. The Morgan fingerprint density at radius 1 is 1.37 bits per heavy atom. The van der Waals surface area contributed by atoms with Gasteiger partial charge in [0.15, 0.2) is 0 Å². The minimum absolute atomic E-state index is 0.275. The number of nitrogens with two attached hydrogens (primary N) is 1. The van der Waals surface area contributed by atoms with Crippen molar-refractivity contribution >= 4 is 11.6 Å². The molecule has 2 unspecified atom stereocenters. The molecule has 0 radical (unpaired) electrons. The lowest BCUT2D eigenvalue weighted by Crippen LogP contribution is -2.53. The molecule has 0 fully saturated rings. The monoisotopic (exact) mass is 280 g/mol. The summed E-state index contributed by atoms with van der Waals surface area (Å²) in [4.78, 5) is 2.21. The van der Waals surface area contributed by atoms with E-state index in [0.717, 1.165) is 29.8 Å². The molecule has 19 heavy (non-hydrogen) atoms. The Labute approximate surface area is 122 Å². The fraction of sp³-hybridized carbons (Fsp3) is 0.500. The lowest BCUT2D eigenvalue weighted by molar-refractivity contribution is 0.164. The third-order valence-corrected chi connectivity index (χ3v) is 3.90. The predicted octanol–water partition coefficient (Wildman–Crippen LogP) is 3.80. The quantitative estimate of drug-likeness (QED) is 0.770. The minimum Gasteiger partial charge on any atom is -0.320 e. The van der Waals surface area contributed by atoms with Gasteiger partial charge in [0.25, 0.3) is 0 Å². The molecule has 3 heteroatoms. The number of likely N-dealkylation sites (N-methyl/N-ethyl adjacent to an activating group) is 1. The number of halogens is 1. The van der Waals surface area contributed by atoms with E-state index in [9.17, 15) is 0 Å². The van der Waals surface area contributed by atoms with Gasteiger partial charge in [0.2, 0.25) is 0 Å². The molecule has 0 aliphatic rings. The smallest absolute Gasteiger partial charge is 0.0601 e. The van der Waals surface area contributed by atoms with Gasteiger partial charge in [-0.3, -0.25) is 0 Å². The zero-order valence-corrected chi connectivity index (χ0v) is 13.0. The molecule has 1 aromatic carbocycles. The zero-order valence-electron chi connectivity index (χ0n) is 12.2. The molecule has 0 amide bonds. The second-order valence-electron chi connectivity index (χ2n) is 5.31. The Morgan fingerprint density at radius 3 is 2.37 bits per heavy atom. The largest absolute Gasteiger partial charge is 0.320 e. The van der Waals surface area contributed by atoms with E-state index in [4.69, 9.17) is 17.3 Å². The molecular formula is C16H25ClN2. The average molecular weight is 281 g/mol. The van der Waals surface area contributed by atoms with Crippen LogP contribution in [-0.4, -0.2) is 25.0 Å². The lowest BCUT2D eigenvalue weighted by Gasteiger charge is -2.41. The van der Waals surface area contributed by atoms with Crippen LogP contribution in [0.4, 0.5) is 0 Å². The van der Waals surface area contributed by atoms with Gasteiger partial charge in [-0.25, -0.2) is 0 Å². The summed E-state index contributed by atoms with van der Waals surface area (Å²) in [7, 11) is 4.17. The summed E-state index contributed by atoms with van der Waals surface area (Å²) in [6.45, 7) is 6.05. The van der Waals surface area contributed by atoms with Gasteiger partial charge in [-0.05, 0) is 44.6 Å². The van der Waals surface area contributed by atoms with Crippen LogP contribution in [0.3, 0.4) is 0 Å². The van der Waals surface area contributed by atoms with Crippen molar-refractivity contribution in [3.05, 3.63) is 47.5 Å². The van der Waals surface area contributed by atoms with Crippen molar-refractivity contribution in [2.45, 2.75) is 37.8 Å². The maximum absolute atomic E-state index is 6.76. The molecular weight excluding hydrogens is 256 g/mol. The fourth-order valence-electron chi connectivity index (χ4n) is 2.70. The van der Waals surface area contributed by atoms with Gasteiger partial charge in [-0.15, -0.1) is 6.58 Å². The Morgan fingerprint density at radius 2 is 1.95 bits per heavy atom. The molecule has 0 aliphatic carbocycles. The van der Waals surface area contributed by atoms with E-state index in [0.29, 0.717) is 0 Å². The minimum atomic E-state index is -0.425. The maximum atomic E-state index is 6.76. The third kappa shape index (κ3) is 3.82. The Hall–Kier alpha value is -0.830. The Bertz CT molecular complexity index is 400. The van der Waals surface area contributed by atoms with Crippen molar-refractivity contribution in [3.63, 3.8) is 0 Å². The van der Waals surface area contributed by atoms with Gasteiger partial charge < -0.3 is 10.6 Å². The zero-order chi connectivity index (χ0) is 14.5. The maximum Gasteiger partial charge on any atom is 0.0601 e. The number of hydrogen-bond acceptors (Lipinski definition) is 2. The summed E-state index contributed by atoms with van der Waals surface area (Å²) in [5.41, 5.74) is 7.45. The van der Waals surface area contributed by atoms with Gasteiger partial charge in [0.1, 0.15) is 0 Å². The van der Waals surface area contributed by atoms with E-state index in [1.165, 1.54) is 0 Å². The molecule has 1 rings (SSSR count). The van der Waals surface area contributed by atoms with Crippen molar-refractivity contribution in [2.75, 3.05) is 14.1 Å². The molecule has 0 saturated carbocycles. The van der Waals surface area contributed by atoms with Crippen molar-refractivity contribution in [1.82, 2.24) is 4.90 Å². The van der Waals surface area contributed by atoms with E-state index in [2.05, 4.69) is 32.5 Å². The fourth-order valence-corrected chi connectivity index (χ4v) is 2.82. The molecule has 0 aromatic heterocycles. The summed E-state index contributed by atoms with van der Waals surface area (Å²) in [5.74, 6) is 0. The molecule has 0 aliphatic heterocycles. The first-order valence-corrected chi connectivity index (χ1v) is 7.15. The van der Waals surface area contributed by atoms with Crippen LogP contribution < -0.4 is 5.73 Å². The van der Waals surface area contributed by atoms with Crippen LogP contribution in [0.25, 0.3) is 0 Å². The Kier molecular flexibility index (Phi) is 6.05. The van der Waals surface area contributed by atoms with Crippen molar-refractivity contribution in [2.24, 2.45) is 5.73 Å². The van der Waals surface area contributed by atoms with E-state index in [1.807, 2.05) is 30.3 Å². The van der Waals surface area contributed by atoms with Crippen molar-refractivity contribution in [1.29, 1.82) is 0 Å². The van der Waals surface area contributed by atoms with E-state index >= 15 is 0 Å². The van der Waals surface area contributed by atoms with E-state index in [-0.39, 0.29) is 6.04 Å². The highest BCUT2D eigenvalue weighted by atomic mass is 35.5. The van der Waals surface area contributed by atoms with Gasteiger partial charge in [0, 0.05) is 11.1 Å². The summed E-state index contributed by atoms with van der Waals surface area (Å²) < 4.78 is 0. The van der Waals surface area contributed by atoms with Crippen LogP contribution in [-0.2, 0) is 5.54 Å². The molecule has 0 spiro atoms. The molecule has 2 nitrogen and oxygen atoms in total. The SMILES string of the molecule is C=CCC(N)(c1ccc(Cl)cc1)C(CCC)N(C)C. The number of nitrogens with zero attached hydrogens (tertiary/aromatic N) is 1.